The number of aromatic nitrogens is 3. The van der Waals surface area contributed by atoms with E-state index in [0.29, 0.717) is 35.9 Å². The molecule has 3 aromatic rings. The van der Waals surface area contributed by atoms with E-state index in [1.807, 2.05) is 19.9 Å². The Morgan fingerprint density at radius 3 is 2.57 bits per heavy atom. The summed E-state index contributed by atoms with van der Waals surface area (Å²) in [5.41, 5.74) is 7.06. The van der Waals surface area contributed by atoms with Crippen molar-refractivity contribution in [2.45, 2.75) is 66.2 Å². The molecule has 2 aromatic heterocycles. The van der Waals surface area contributed by atoms with Gasteiger partial charge < -0.3 is 5.32 Å². The Labute approximate surface area is 177 Å². The van der Waals surface area contributed by atoms with E-state index < -0.39 is 0 Å². The lowest BCUT2D eigenvalue weighted by molar-refractivity contribution is -0.116. The number of nitrogens with one attached hydrogen (secondary N) is 1. The highest BCUT2D eigenvalue weighted by Gasteiger charge is 2.16. The van der Waals surface area contributed by atoms with Crippen LogP contribution in [0.3, 0.4) is 0 Å². The summed E-state index contributed by atoms with van der Waals surface area (Å²) >= 11 is 0. The van der Waals surface area contributed by atoms with E-state index in [2.05, 4.69) is 61.3 Å². The molecule has 6 nitrogen and oxygen atoms in total. The molecule has 0 aliphatic heterocycles. The second kappa shape index (κ2) is 8.66. The first-order chi connectivity index (χ1) is 14.2. The first-order valence-electron chi connectivity index (χ1n) is 10.4. The van der Waals surface area contributed by atoms with Crippen LogP contribution < -0.4 is 5.32 Å². The molecular weight excluding hydrogens is 374 g/mol. The van der Waals surface area contributed by atoms with Crippen LogP contribution in [0.4, 0.5) is 5.69 Å². The average Bonchev–Trinajstić information content (AvgIpc) is 3.10. The maximum absolute atomic E-state index is 12.7. The summed E-state index contributed by atoms with van der Waals surface area (Å²) in [5, 5.41) is 16.6. The van der Waals surface area contributed by atoms with E-state index in [-0.39, 0.29) is 5.91 Å². The van der Waals surface area contributed by atoms with Gasteiger partial charge in [0.05, 0.1) is 6.20 Å². The molecule has 0 unspecified atom stereocenters. The van der Waals surface area contributed by atoms with Crippen molar-refractivity contribution in [2.24, 2.45) is 0 Å². The minimum atomic E-state index is -0.0220. The van der Waals surface area contributed by atoms with Crippen molar-refractivity contribution in [3.8, 4) is 6.07 Å². The van der Waals surface area contributed by atoms with Gasteiger partial charge in [-0.1, -0.05) is 39.8 Å². The lowest BCUT2D eigenvalue weighted by Gasteiger charge is -2.17. The summed E-state index contributed by atoms with van der Waals surface area (Å²) in [6.45, 7) is 12.5. The van der Waals surface area contributed by atoms with Crippen molar-refractivity contribution in [3.63, 3.8) is 0 Å². The maximum Gasteiger partial charge on any atom is 0.224 e. The Balaban J connectivity index is 1.78. The fourth-order valence-corrected chi connectivity index (χ4v) is 3.73. The van der Waals surface area contributed by atoms with Crippen LogP contribution in [-0.2, 0) is 11.2 Å². The van der Waals surface area contributed by atoms with Gasteiger partial charge in [0.2, 0.25) is 5.91 Å². The van der Waals surface area contributed by atoms with Gasteiger partial charge in [-0.05, 0) is 54.9 Å². The second-order valence-corrected chi connectivity index (χ2v) is 8.37. The number of nitriles is 1. The predicted molar refractivity (Wildman–Crippen MR) is 119 cm³/mol. The van der Waals surface area contributed by atoms with Gasteiger partial charge >= 0.3 is 0 Å². The first kappa shape index (κ1) is 21.5. The minimum absolute atomic E-state index is 0.0220. The lowest BCUT2D eigenvalue weighted by atomic mass is 9.94. The number of anilines is 1. The maximum atomic E-state index is 12.7. The van der Waals surface area contributed by atoms with Crippen LogP contribution >= 0.6 is 0 Å². The van der Waals surface area contributed by atoms with Crippen LogP contribution in [-0.4, -0.2) is 20.5 Å². The largest absolute Gasteiger partial charge is 0.326 e. The zero-order valence-electron chi connectivity index (χ0n) is 18.6. The number of carbonyl (C=O) groups is 1. The Kier molecular flexibility index (Phi) is 6.21. The molecule has 0 saturated carbocycles. The molecule has 0 fully saturated rings. The predicted octanol–water partition coefficient (Wildman–Crippen LogP) is 5.04. The Hall–Kier alpha value is -3.20. The summed E-state index contributed by atoms with van der Waals surface area (Å²) in [6, 6.07) is 8.41. The highest BCUT2D eigenvalue weighted by molar-refractivity contribution is 5.91. The van der Waals surface area contributed by atoms with Gasteiger partial charge in [0.15, 0.2) is 5.65 Å². The minimum Gasteiger partial charge on any atom is -0.326 e. The van der Waals surface area contributed by atoms with Crippen molar-refractivity contribution >= 4 is 17.2 Å². The summed E-state index contributed by atoms with van der Waals surface area (Å²) < 4.78 is 1.68. The van der Waals surface area contributed by atoms with Crippen LogP contribution in [0.5, 0.6) is 0 Å². The van der Waals surface area contributed by atoms with Gasteiger partial charge in [0.25, 0.3) is 0 Å². The molecule has 6 heteroatoms. The van der Waals surface area contributed by atoms with Gasteiger partial charge in [0.1, 0.15) is 11.6 Å². The molecule has 0 radical (unpaired) electrons. The summed E-state index contributed by atoms with van der Waals surface area (Å²) in [4.78, 5) is 17.3. The van der Waals surface area contributed by atoms with Crippen LogP contribution in [0.25, 0.3) is 5.65 Å². The van der Waals surface area contributed by atoms with Crippen molar-refractivity contribution in [2.75, 3.05) is 5.32 Å². The number of rotatable bonds is 6. The number of aryl methyl sites for hydroxylation is 2. The fraction of sp³-hybridized carbons (Fsp3) is 0.417. The third-order valence-electron chi connectivity index (χ3n) is 5.57. The number of hydrogen-bond donors (Lipinski definition) is 1. The molecule has 0 aliphatic rings. The molecule has 0 bridgehead atoms. The Morgan fingerprint density at radius 1 is 1.20 bits per heavy atom. The van der Waals surface area contributed by atoms with Crippen LogP contribution in [0.15, 0.2) is 24.4 Å². The van der Waals surface area contributed by atoms with E-state index in [4.69, 9.17) is 0 Å². The smallest absolute Gasteiger partial charge is 0.224 e. The highest BCUT2D eigenvalue weighted by atomic mass is 16.1. The highest BCUT2D eigenvalue weighted by Crippen LogP contribution is 2.28. The van der Waals surface area contributed by atoms with Crippen molar-refractivity contribution in [1.82, 2.24) is 14.6 Å². The van der Waals surface area contributed by atoms with E-state index in [9.17, 15) is 10.1 Å². The zero-order valence-corrected chi connectivity index (χ0v) is 18.6. The monoisotopic (exact) mass is 403 g/mol. The molecule has 30 heavy (non-hydrogen) atoms. The lowest BCUT2D eigenvalue weighted by Crippen LogP contribution is -2.16. The standard InChI is InChI=1S/C24H29N5O/c1-14(2)18-7-9-22(21(11-18)15(3)4)28-23(30)10-8-20-16(5)27-24-19(12-25)13-26-29(24)17(20)6/h7,9,11,13-15H,8,10H2,1-6H3,(H,28,30). The number of nitrogens with zero attached hydrogens (tertiary/aromatic N) is 4. The molecule has 1 N–H and O–H groups in total. The topological polar surface area (TPSA) is 83.1 Å². The number of benzene rings is 1. The van der Waals surface area contributed by atoms with Crippen molar-refractivity contribution in [1.29, 1.82) is 5.26 Å². The Morgan fingerprint density at radius 2 is 1.93 bits per heavy atom. The van der Waals surface area contributed by atoms with Crippen LogP contribution in [0.2, 0.25) is 0 Å². The number of amides is 1. The first-order valence-corrected chi connectivity index (χ1v) is 10.4. The van der Waals surface area contributed by atoms with Gasteiger partial charge in [-0.25, -0.2) is 9.50 Å². The molecule has 0 atom stereocenters. The molecule has 0 spiro atoms. The van der Waals surface area contributed by atoms with Gasteiger partial charge in [-0.2, -0.15) is 10.4 Å². The van der Waals surface area contributed by atoms with E-state index >= 15 is 0 Å². The fourth-order valence-electron chi connectivity index (χ4n) is 3.73. The van der Waals surface area contributed by atoms with Gasteiger partial charge in [0, 0.05) is 23.5 Å². The Bertz CT molecular complexity index is 1130. The normalized spacial score (nSPS) is 11.3. The summed E-state index contributed by atoms with van der Waals surface area (Å²) in [7, 11) is 0. The number of fused-ring (bicyclic) bond motifs is 1. The molecule has 0 aliphatic carbocycles. The molecule has 0 saturated heterocycles. The summed E-state index contributed by atoms with van der Waals surface area (Å²) in [6.07, 6.45) is 2.44. The quantitative estimate of drug-likeness (QED) is 0.625. The van der Waals surface area contributed by atoms with Crippen LogP contribution in [0.1, 0.15) is 79.6 Å². The molecule has 1 aromatic carbocycles. The zero-order chi connectivity index (χ0) is 22.0. The average molecular weight is 404 g/mol. The van der Waals surface area contributed by atoms with Gasteiger partial charge in [-0.15, -0.1) is 0 Å². The van der Waals surface area contributed by atoms with Crippen LogP contribution in [0, 0.1) is 25.2 Å². The third kappa shape index (κ3) is 4.20. The van der Waals surface area contributed by atoms with Crippen molar-refractivity contribution < 1.29 is 4.79 Å². The molecule has 1 amide bonds. The number of carbonyl (C=O) groups excluding carboxylic acids is 1. The summed E-state index contributed by atoms with van der Waals surface area (Å²) in [5.74, 6) is 0.750. The molecular formula is C24H29N5O. The molecule has 2 heterocycles. The van der Waals surface area contributed by atoms with E-state index in [1.165, 1.54) is 11.8 Å². The molecule has 156 valence electrons. The third-order valence-corrected chi connectivity index (χ3v) is 5.57. The number of hydrogen-bond acceptors (Lipinski definition) is 4. The van der Waals surface area contributed by atoms with E-state index in [0.717, 1.165) is 28.2 Å². The SMILES string of the molecule is Cc1nc2c(C#N)cnn2c(C)c1CCC(=O)Nc1ccc(C(C)C)cc1C(C)C. The van der Waals surface area contributed by atoms with Crippen molar-refractivity contribution in [3.05, 3.63) is 58.0 Å². The van der Waals surface area contributed by atoms with Gasteiger partial charge in [-0.3, -0.25) is 4.79 Å². The van der Waals surface area contributed by atoms with E-state index in [1.54, 1.807) is 4.52 Å². The second-order valence-electron chi connectivity index (χ2n) is 8.37. The molecule has 3 rings (SSSR count).